The largest absolute Gasteiger partial charge is 0.494 e. The molecule has 0 aromatic heterocycles. The fourth-order valence-electron chi connectivity index (χ4n) is 2.71. The van der Waals surface area contributed by atoms with Crippen molar-refractivity contribution < 1.29 is 19.0 Å². The number of ether oxygens (including phenoxy) is 3. The Morgan fingerprint density at radius 3 is 2.37 bits per heavy atom. The van der Waals surface area contributed by atoms with E-state index in [0.29, 0.717) is 31.1 Å². The summed E-state index contributed by atoms with van der Waals surface area (Å²) in [6, 6.07) is 13.2. The van der Waals surface area contributed by atoms with Gasteiger partial charge in [0.1, 0.15) is 5.75 Å². The molecule has 0 saturated carbocycles. The van der Waals surface area contributed by atoms with Crippen molar-refractivity contribution in [1.29, 1.82) is 0 Å². The topological polar surface area (TPSA) is 68.8 Å². The fraction of sp³-hybridized carbons (Fsp3) is 0.381. The Balaban J connectivity index is 1.80. The second kappa shape index (κ2) is 10.3. The lowest BCUT2D eigenvalue weighted by atomic mass is 10.1. The van der Waals surface area contributed by atoms with E-state index in [-0.39, 0.29) is 12.1 Å². The highest BCUT2D eigenvalue weighted by Gasteiger charge is 2.10. The first-order chi connectivity index (χ1) is 13.1. The van der Waals surface area contributed by atoms with Crippen molar-refractivity contribution in [3.8, 4) is 17.2 Å². The highest BCUT2D eigenvalue weighted by atomic mass is 16.5. The zero-order chi connectivity index (χ0) is 19.6. The van der Waals surface area contributed by atoms with Gasteiger partial charge >= 0.3 is 6.03 Å². The van der Waals surface area contributed by atoms with Crippen LogP contribution >= 0.6 is 0 Å². The van der Waals surface area contributed by atoms with Crippen molar-refractivity contribution in [2.75, 3.05) is 27.4 Å². The average molecular weight is 372 g/mol. The quantitative estimate of drug-likeness (QED) is 0.704. The molecule has 1 atom stereocenters. The minimum absolute atomic E-state index is 0.0956. The zero-order valence-electron chi connectivity index (χ0n) is 16.4. The summed E-state index contributed by atoms with van der Waals surface area (Å²) in [4.78, 5) is 12.1. The summed E-state index contributed by atoms with van der Waals surface area (Å²) >= 11 is 0. The van der Waals surface area contributed by atoms with Crippen LogP contribution in [0, 0.1) is 0 Å². The lowest BCUT2D eigenvalue weighted by Crippen LogP contribution is -2.38. The summed E-state index contributed by atoms with van der Waals surface area (Å²) in [5.41, 5.74) is 2.08. The number of nitrogens with one attached hydrogen (secondary N) is 2. The lowest BCUT2D eigenvalue weighted by molar-refractivity contribution is 0.238. The third kappa shape index (κ3) is 6.09. The van der Waals surface area contributed by atoms with E-state index in [1.807, 2.05) is 56.3 Å². The van der Waals surface area contributed by atoms with Crippen molar-refractivity contribution in [3.63, 3.8) is 0 Å². The Morgan fingerprint density at radius 1 is 1.04 bits per heavy atom. The molecule has 0 fully saturated rings. The van der Waals surface area contributed by atoms with Gasteiger partial charge < -0.3 is 24.8 Å². The molecular formula is C21H28N2O4. The zero-order valence-corrected chi connectivity index (χ0v) is 16.4. The van der Waals surface area contributed by atoms with E-state index in [4.69, 9.17) is 14.2 Å². The van der Waals surface area contributed by atoms with Crippen LogP contribution in [0.5, 0.6) is 17.2 Å². The second-order valence-corrected chi connectivity index (χ2v) is 6.06. The molecule has 27 heavy (non-hydrogen) atoms. The minimum atomic E-state index is -0.197. The molecular weight excluding hydrogens is 344 g/mol. The lowest BCUT2D eigenvalue weighted by Gasteiger charge is -2.16. The van der Waals surface area contributed by atoms with Gasteiger partial charge in [-0.2, -0.15) is 0 Å². The van der Waals surface area contributed by atoms with E-state index in [1.54, 1.807) is 14.2 Å². The third-order valence-electron chi connectivity index (χ3n) is 4.19. The molecule has 2 N–H and O–H groups in total. The molecule has 0 spiro atoms. The molecule has 2 amide bonds. The van der Waals surface area contributed by atoms with Crippen molar-refractivity contribution in [2.24, 2.45) is 0 Å². The van der Waals surface area contributed by atoms with Gasteiger partial charge in [0.05, 0.1) is 26.9 Å². The van der Waals surface area contributed by atoms with E-state index < -0.39 is 0 Å². The van der Waals surface area contributed by atoms with Gasteiger partial charge in [-0.1, -0.05) is 18.2 Å². The number of urea groups is 1. The molecule has 2 aromatic rings. The number of rotatable bonds is 9. The standard InChI is InChI=1S/C21H28N2O4/c1-5-27-18-9-7-17(8-10-18)15(2)23-21(24)22-13-12-16-6-11-19(25-3)20(14-16)26-4/h6-11,14-15H,5,12-13H2,1-4H3,(H2,22,23,24). The Hall–Kier alpha value is -2.89. The maximum atomic E-state index is 12.1. The molecule has 0 heterocycles. The predicted molar refractivity (Wildman–Crippen MR) is 106 cm³/mol. The molecule has 0 radical (unpaired) electrons. The number of carbonyl (C=O) groups excluding carboxylic acids is 1. The van der Waals surface area contributed by atoms with Gasteiger partial charge in [-0.3, -0.25) is 0 Å². The van der Waals surface area contributed by atoms with Crippen LogP contribution < -0.4 is 24.8 Å². The molecule has 1 unspecified atom stereocenters. The summed E-state index contributed by atoms with van der Waals surface area (Å²) in [6.07, 6.45) is 0.700. The van der Waals surface area contributed by atoms with Crippen molar-refractivity contribution in [3.05, 3.63) is 53.6 Å². The summed E-state index contributed by atoms with van der Waals surface area (Å²) in [7, 11) is 3.21. The van der Waals surface area contributed by atoms with E-state index in [2.05, 4.69) is 10.6 Å². The first kappa shape index (κ1) is 20.4. The fourth-order valence-corrected chi connectivity index (χ4v) is 2.71. The van der Waals surface area contributed by atoms with Crippen LogP contribution in [-0.4, -0.2) is 33.4 Å². The van der Waals surface area contributed by atoms with E-state index in [0.717, 1.165) is 16.9 Å². The molecule has 0 aliphatic rings. The third-order valence-corrected chi connectivity index (χ3v) is 4.19. The smallest absolute Gasteiger partial charge is 0.315 e. The Morgan fingerprint density at radius 2 is 1.74 bits per heavy atom. The minimum Gasteiger partial charge on any atom is -0.494 e. The maximum Gasteiger partial charge on any atom is 0.315 e. The van der Waals surface area contributed by atoms with Crippen LogP contribution in [0.15, 0.2) is 42.5 Å². The van der Waals surface area contributed by atoms with Gasteiger partial charge in [0.2, 0.25) is 0 Å². The van der Waals surface area contributed by atoms with Crippen LogP contribution in [0.1, 0.15) is 31.0 Å². The molecule has 0 aliphatic carbocycles. The van der Waals surface area contributed by atoms with Gasteiger partial charge in [-0.25, -0.2) is 4.79 Å². The highest BCUT2D eigenvalue weighted by molar-refractivity contribution is 5.74. The molecule has 6 nitrogen and oxygen atoms in total. The average Bonchev–Trinajstić information content (AvgIpc) is 2.68. The Bertz CT molecular complexity index is 731. The van der Waals surface area contributed by atoms with Crippen LogP contribution in [0.2, 0.25) is 0 Å². The summed E-state index contributed by atoms with van der Waals surface area (Å²) < 4.78 is 16.0. The van der Waals surface area contributed by atoms with Crippen LogP contribution in [0.3, 0.4) is 0 Å². The van der Waals surface area contributed by atoms with Gasteiger partial charge in [0.25, 0.3) is 0 Å². The van der Waals surface area contributed by atoms with Gasteiger partial charge in [0, 0.05) is 6.54 Å². The monoisotopic (exact) mass is 372 g/mol. The SMILES string of the molecule is CCOc1ccc(C(C)NC(=O)NCCc2ccc(OC)c(OC)c2)cc1. The number of amides is 2. The Kier molecular flexibility index (Phi) is 7.79. The molecule has 6 heteroatoms. The van der Waals surface area contributed by atoms with Gasteiger partial charge in [-0.15, -0.1) is 0 Å². The van der Waals surface area contributed by atoms with Crippen molar-refractivity contribution in [2.45, 2.75) is 26.3 Å². The number of hydrogen-bond donors (Lipinski definition) is 2. The molecule has 2 aromatic carbocycles. The predicted octanol–water partition coefficient (Wildman–Crippen LogP) is 3.71. The summed E-state index contributed by atoms with van der Waals surface area (Å²) in [5, 5.41) is 5.82. The first-order valence-electron chi connectivity index (χ1n) is 9.05. The maximum absolute atomic E-state index is 12.1. The van der Waals surface area contributed by atoms with E-state index in [9.17, 15) is 4.79 Å². The molecule has 0 saturated heterocycles. The molecule has 2 rings (SSSR count). The number of carbonyl (C=O) groups is 1. The molecule has 0 aliphatic heterocycles. The van der Waals surface area contributed by atoms with Crippen LogP contribution in [0.25, 0.3) is 0 Å². The van der Waals surface area contributed by atoms with E-state index in [1.165, 1.54) is 0 Å². The normalized spacial score (nSPS) is 11.4. The number of hydrogen-bond acceptors (Lipinski definition) is 4. The Labute approximate surface area is 160 Å². The van der Waals surface area contributed by atoms with Crippen molar-refractivity contribution in [1.82, 2.24) is 10.6 Å². The van der Waals surface area contributed by atoms with E-state index >= 15 is 0 Å². The number of benzene rings is 2. The van der Waals surface area contributed by atoms with Crippen molar-refractivity contribution >= 4 is 6.03 Å². The van der Waals surface area contributed by atoms with Crippen LogP contribution in [-0.2, 0) is 6.42 Å². The van der Waals surface area contributed by atoms with Gasteiger partial charge in [0.15, 0.2) is 11.5 Å². The number of methoxy groups -OCH3 is 2. The van der Waals surface area contributed by atoms with Crippen LogP contribution in [0.4, 0.5) is 4.79 Å². The summed E-state index contributed by atoms with van der Waals surface area (Å²) in [6.45, 7) is 5.06. The molecule has 0 bridgehead atoms. The molecule has 146 valence electrons. The second-order valence-electron chi connectivity index (χ2n) is 6.06. The highest BCUT2D eigenvalue weighted by Crippen LogP contribution is 2.27. The summed E-state index contributed by atoms with van der Waals surface area (Å²) in [5.74, 6) is 2.20. The first-order valence-corrected chi connectivity index (χ1v) is 9.05. The van der Waals surface area contributed by atoms with Gasteiger partial charge in [-0.05, 0) is 55.7 Å².